The van der Waals surface area contributed by atoms with Crippen LogP contribution in [0.1, 0.15) is 38.8 Å². The van der Waals surface area contributed by atoms with Crippen molar-refractivity contribution in [1.29, 1.82) is 10.8 Å². The van der Waals surface area contributed by atoms with E-state index in [1.165, 1.54) is 0 Å². The number of rotatable bonds is 8. The van der Waals surface area contributed by atoms with E-state index in [-0.39, 0.29) is 12.4 Å². The average molecular weight is 415 g/mol. The van der Waals surface area contributed by atoms with Crippen LogP contribution in [0.15, 0.2) is 70.9 Å². The molecule has 29 heavy (non-hydrogen) atoms. The molecule has 2 rings (SSSR count). The fraction of sp³-hybridized carbons (Fsp3) is 0.364. The first-order valence-electron chi connectivity index (χ1n) is 9.38. The third kappa shape index (κ3) is 7.66. The zero-order valence-electron chi connectivity index (χ0n) is 17.5. The smallest absolute Gasteiger partial charge is 0.132 e. The van der Waals surface area contributed by atoms with Crippen molar-refractivity contribution in [2.45, 2.75) is 51.9 Å². The topological polar surface area (TPSA) is 96.5 Å². The lowest BCUT2D eigenvalue weighted by Gasteiger charge is -2.25. The van der Waals surface area contributed by atoms with Crippen LogP contribution in [-0.2, 0) is 13.1 Å². The Morgan fingerprint density at radius 2 is 1.00 bits per heavy atom. The summed E-state index contributed by atoms with van der Waals surface area (Å²) in [6, 6.07) is 19.9. The predicted octanol–water partition coefficient (Wildman–Crippen LogP) is 4.95. The maximum Gasteiger partial charge on any atom is 0.132 e. The summed E-state index contributed by atoms with van der Waals surface area (Å²) < 4.78 is 0. The second-order valence-electron chi connectivity index (χ2n) is 7.75. The standard InChI is InChI=1S/C22H30N6.ClH/c1-21(2,19(23)25-15-17-11-7-5-8-12-17)27-28-22(3,4)20(24)26-16-18-13-9-6-10-14-18;/h5-14H,15-16H2,1-4H3,(H2,23,25)(H2,24,26);1H/b28-27+;. The maximum absolute atomic E-state index is 8.32. The van der Waals surface area contributed by atoms with Crippen LogP contribution >= 0.6 is 12.4 Å². The van der Waals surface area contributed by atoms with Gasteiger partial charge in [0, 0.05) is 13.1 Å². The van der Waals surface area contributed by atoms with Crippen LogP contribution in [0.25, 0.3) is 0 Å². The number of nitrogens with one attached hydrogen (secondary N) is 4. The predicted molar refractivity (Wildman–Crippen MR) is 122 cm³/mol. The van der Waals surface area contributed by atoms with Crippen molar-refractivity contribution in [3.63, 3.8) is 0 Å². The van der Waals surface area contributed by atoms with Gasteiger partial charge in [-0.15, -0.1) is 12.4 Å². The summed E-state index contributed by atoms with van der Waals surface area (Å²) in [5.74, 6) is 0.583. The highest BCUT2D eigenvalue weighted by Crippen LogP contribution is 2.17. The molecule has 0 aliphatic carbocycles. The van der Waals surface area contributed by atoms with Crippen LogP contribution in [0.2, 0.25) is 0 Å². The van der Waals surface area contributed by atoms with E-state index < -0.39 is 11.1 Å². The summed E-state index contributed by atoms with van der Waals surface area (Å²) in [5, 5.41) is 31.6. The Hall–Kier alpha value is -2.73. The Morgan fingerprint density at radius 1 is 0.690 bits per heavy atom. The number of benzene rings is 2. The zero-order valence-corrected chi connectivity index (χ0v) is 18.3. The van der Waals surface area contributed by atoms with Gasteiger partial charge in [0.2, 0.25) is 0 Å². The van der Waals surface area contributed by atoms with Gasteiger partial charge >= 0.3 is 0 Å². The molecule has 0 amide bonds. The summed E-state index contributed by atoms with van der Waals surface area (Å²) in [7, 11) is 0. The molecule has 4 N–H and O–H groups in total. The summed E-state index contributed by atoms with van der Waals surface area (Å²) in [6.07, 6.45) is 0. The van der Waals surface area contributed by atoms with Crippen LogP contribution in [0.5, 0.6) is 0 Å². The van der Waals surface area contributed by atoms with Crippen LogP contribution in [-0.4, -0.2) is 22.7 Å². The molecule has 0 fully saturated rings. The maximum atomic E-state index is 8.32. The van der Waals surface area contributed by atoms with Gasteiger partial charge in [0.05, 0.1) is 0 Å². The number of amidine groups is 2. The monoisotopic (exact) mass is 414 g/mol. The van der Waals surface area contributed by atoms with Gasteiger partial charge in [0.25, 0.3) is 0 Å². The summed E-state index contributed by atoms with van der Waals surface area (Å²) >= 11 is 0. The van der Waals surface area contributed by atoms with Crippen molar-refractivity contribution >= 4 is 24.1 Å². The van der Waals surface area contributed by atoms with E-state index >= 15 is 0 Å². The Morgan fingerprint density at radius 3 is 1.31 bits per heavy atom. The molecule has 0 saturated heterocycles. The van der Waals surface area contributed by atoms with Crippen LogP contribution in [0.4, 0.5) is 0 Å². The molecule has 2 aromatic carbocycles. The van der Waals surface area contributed by atoms with Crippen molar-refractivity contribution in [1.82, 2.24) is 10.6 Å². The highest BCUT2D eigenvalue weighted by atomic mass is 35.5. The Labute approximate surface area is 179 Å². The number of nitrogens with zero attached hydrogens (tertiary/aromatic N) is 2. The molecule has 0 spiro atoms. The van der Waals surface area contributed by atoms with Crippen molar-refractivity contribution in [3.05, 3.63) is 71.8 Å². The first-order chi connectivity index (χ1) is 13.2. The molecule has 0 radical (unpaired) electrons. The largest absolute Gasteiger partial charge is 0.368 e. The molecule has 0 heterocycles. The number of azo groups is 1. The Balaban J connectivity index is 0.00000420. The Kier molecular flexibility index (Phi) is 8.98. The van der Waals surface area contributed by atoms with Gasteiger partial charge in [-0.1, -0.05) is 60.7 Å². The fourth-order valence-electron chi connectivity index (χ4n) is 2.36. The van der Waals surface area contributed by atoms with Crippen molar-refractivity contribution in [2.24, 2.45) is 10.2 Å². The third-order valence-electron chi connectivity index (χ3n) is 4.40. The second kappa shape index (κ2) is 10.7. The molecule has 0 unspecified atom stereocenters. The molecule has 0 aliphatic rings. The quantitative estimate of drug-likeness (QED) is 0.279. The van der Waals surface area contributed by atoms with Crippen LogP contribution in [0.3, 0.4) is 0 Å². The molecule has 2 aromatic rings. The summed E-state index contributed by atoms with van der Waals surface area (Å²) in [4.78, 5) is 0. The van der Waals surface area contributed by atoms with Crippen molar-refractivity contribution in [2.75, 3.05) is 0 Å². The molecule has 156 valence electrons. The van der Waals surface area contributed by atoms with E-state index in [4.69, 9.17) is 10.8 Å². The highest BCUT2D eigenvalue weighted by molar-refractivity contribution is 5.89. The molecule has 0 saturated carbocycles. The van der Waals surface area contributed by atoms with Gasteiger partial charge in [-0.25, -0.2) is 0 Å². The molecule has 7 heteroatoms. The molecule has 0 atom stereocenters. The molecule has 0 aromatic heterocycles. The lowest BCUT2D eigenvalue weighted by Crippen LogP contribution is -2.42. The second-order valence-corrected chi connectivity index (χ2v) is 7.75. The van der Waals surface area contributed by atoms with E-state index in [0.29, 0.717) is 24.8 Å². The van der Waals surface area contributed by atoms with E-state index in [1.807, 2.05) is 88.4 Å². The lowest BCUT2D eigenvalue weighted by atomic mass is 10.0. The summed E-state index contributed by atoms with van der Waals surface area (Å²) in [6.45, 7) is 8.50. The van der Waals surface area contributed by atoms with Crippen LogP contribution in [0, 0.1) is 10.8 Å². The number of hydrogen-bond donors (Lipinski definition) is 4. The first kappa shape index (κ1) is 24.3. The number of hydrogen-bond acceptors (Lipinski definition) is 4. The first-order valence-corrected chi connectivity index (χ1v) is 9.38. The minimum Gasteiger partial charge on any atom is -0.368 e. The van der Waals surface area contributed by atoms with E-state index in [1.54, 1.807) is 0 Å². The van der Waals surface area contributed by atoms with Gasteiger partial charge in [-0.2, -0.15) is 10.2 Å². The Bertz CT molecular complexity index is 746. The van der Waals surface area contributed by atoms with Crippen molar-refractivity contribution in [3.8, 4) is 0 Å². The molecular weight excluding hydrogens is 384 g/mol. The lowest BCUT2D eigenvalue weighted by molar-refractivity contribution is 0.540. The third-order valence-corrected chi connectivity index (χ3v) is 4.40. The van der Waals surface area contributed by atoms with E-state index in [0.717, 1.165) is 11.1 Å². The average Bonchev–Trinajstić information content (AvgIpc) is 2.70. The van der Waals surface area contributed by atoms with E-state index in [9.17, 15) is 0 Å². The zero-order chi connectivity index (χ0) is 20.6. The number of halogens is 1. The van der Waals surface area contributed by atoms with E-state index in [2.05, 4.69) is 20.9 Å². The molecular formula is C22H31ClN6. The van der Waals surface area contributed by atoms with Gasteiger partial charge in [-0.3, -0.25) is 10.8 Å². The summed E-state index contributed by atoms with van der Waals surface area (Å²) in [5.41, 5.74) is 0.608. The van der Waals surface area contributed by atoms with Gasteiger partial charge < -0.3 is 10.6 Å². The van der Waals surface area contributed by atoms with Crippen molar-refractivity contribution < 1.29 is 0 Å². The van der Waals surface area contributed by atoms with Gasteiger partial charge in [-0.05, 0) is 38.8 Å². The minimum absolute atomic E-state index is 0. The highest BCUT2D eigenvalue weighted by Gasteiger charge is 2.28. The van der Waals surface area contributed by atoms with Crippen LogP contribution < -0.4 is 10.6 Å². The minimum atomic E-state index is -0.800. The van der Waals surface area contributed by atoms with Gasteiger partial charge in [0.1, 0.15) is 22.7 Å². The van der Waals surface area contributed by atoms with Gasteiger partial charge in [0.15, 0.2) is 0 Å². The normalized spacial score (nSPS) is 11.6. The molecule has 0 aliphatic heterocycles. The SMILES string of the molecule is CC(C)(/N=N/C(C)(C)C(=N)NCc1ccccc1)C(=N)NCc1ccccc1.Cl. The molecule has 0 bridgehead atoms. The molecule has 6 nitrogen and oxygen atoms in total. The fourth-order valence-corrected chi connectivity index (χ4v) is 2.36.